The van der Waals surface area contributed by atoms with Crippen molar-refractivity contribution in [3.8, 4) is 0 Å². The van der Waals surface area contributed by atoms with E-state index in [0.717, 1.165) is 30.7 Å². The second kappa shape index (κ2) is 8.33. The molecule has 3 nitrogen and oxygen atoms in total. The summed E-state index contributed by atoms with van der Waals surface area (Å²) in [7, 11) is 0. The lowest BCUT2D eigenvalue weighted by molar-refractivity contribution is -0.120. The second-order valence-electron chi connectivity index (χ2n) is 4.45. The number of thioether (sulfide) groups is 1. The van der Waals surface area contributed by atoms with Crippen LogP contribution in [0.2, 0.25) is 5.02 Å². The number of anilines is 1. The highest BCUT2D eigenvalue weighted by Gasteiger charge is 2.15. The van der Waals surface area contributed by atoms with E-state index in [1.165, 1.54) is 11.8 Å². The maximum atomic E-state index is 11.9. The van der Waals surface area contributed by atoms with Gasteiger partial charge in [0.25, 0.3) is 0 Å². The molecule has 19 heavy (non-hydrogen) atoms. The van der Waals surface area contributed by atoms with Crippen molar-refractivity contribution in [1.82, 2.24) is 5.32 Å². The van der Waals surface area contributed by atoms with E-state index in [1.54, 1.807) is 12.1 Å². The van der Waals surface area contributed by atoms with Crippen LogP contribution in [0.1, 0.15) is 33.1 Å². The van der Waals surface area contributed by atoms with Crippen LogP contribution in [0.4, 0.5) is 5.69 Å². The molecule has 1 atom stereocenters. The first-order valence-electron chi connectivity index (χ1n) is 6.54. The highest BCUT2D eigenvalue weighted by molar-refractivity contribution is 8.00. The maximum Gasteiger partial charge on any atom is 0.233 e. The zero-order valence-electron chi connectivity index (χ0n) is 11.4. The summed E-state index contributed by atoms with van der Waals surface area (Å²) in [6.07, 6.45) is 3.33. The molecule has 0 aliphatic rings. The lowest BCUT2D eigenvalue weighted by Gasteiger charge is -2.13. The van der Waals surface area contributed by atoms with Gasteiger partial charge in [0.2, 0.25) is 5.91 Å². The van der Waals surface area contributed by atoms with Gasteiger partial charge < -0.3 is 11.1 Å². The number of rotatable bonds is 7. The molecule has 1 unspecified atom stereocenters. The van der Waals surface area contributed by atoms with E-state index in [9.17, 15) is 4.79 Å². The SMILES string of the molecule is CCCCCNC(=O)C(C)Sc1ccc(N)cc1Cl. The van der Waals surface area contributed by atoms with Crippen molar-refractivity contribution in [2.24, 2.45) is 0 Å². The van der Waals surface area contributed by atoms with Gasteiger partial charge in [0, 0.05) is 17.1 Å². The van der Waals surface area contributed by atoms with Crippen molar-refractivity contribution in [2.45, 2.75) is 43.3 Å². The van der Waals surface area contributed by atoms with Gasteiger partial charge in [-0.05, 0) is 31.5 Å². The number of carbonyl (C=O) groups excluding carboxylic acids is 1. The fraction of sp³-hybridized carbons (Fsp3) is 0.500. The molecule has 0 bridgehead atoms. The normalized spacial score (nSPS) is 12.2. The van der Waals surface area contributed by atoms with E-state index >= 15 is 0 Å². The Morgan fingerprint density at radius 2 is 2.21 bits per heavy atom. The van der Waals surface area contributed by atoms with Gasteiger partial charge >= 0.3 is 0 Å². The number of amides is 1. The smallest absolute Gasteiger partial charge is 0.233 e. The molecule has 0 aliphatic heterocycles. The van der Waals surface area contributed by atoms with Crippen LogP contribution in [0.15, 0.2) is 23.1 Å². The Labute approximate surface area is 124 Å². The number of hydrogen-bond acceptors (Lipinski definition) is 3. The Balaban J connectivity index is 2.45. The summed E-state index contributed by atoms with van der Waals surface area (Å²) in [6, 6.07) is 5.35. The molecule has 0 fully saturated rings. The molecule has 3 N–H and O–H groups in total. The topological polar surface area (TPSA) is 55.1 Å². The number of hydrogen-bond donors (Lipinski definition) is 2. The maximum absolute atomic E-state index is 11.9. The van der Waals surface area contributed by atoms with Gasteiger partial charge in [0.15, 0.2) is 0 Å². The van der Waals surface area contributed by atoms with Crippen molar-refractivity contribution >= 4 is 35.0 Å². The lowest BCUT2D eigenvalue weighted by Crippen LogP contribution is -2.31. The number of nitrogens with one attached hydrogen (secondary N) is 1. The van der Waals surface area contributed by atoms with E-state index in [2.05, 4.69) is 12.2 Å². The molecule has 0 aliphatic carbocycles. The molecule has 1 aromatic carbocycles. The molecule has 0 aromatic heterocycles. The predicted molar refractivity (Wildman–Crippen MR) is 83.7 cm³/mol. The minimum absolute atomic E-state index is 0.0500. The van der Waals surface area contributed by atoms with Gasteiger partial charge in [-0.3, -0.25) is 4.79 Å². The van der Waals surface area contributed by atoms with Crippen LogP contribution in [-0.2, 0) is 4.79 Å². The average molecular weight is 301 g/mol. The monoisotopic (exact) mass is 300 g/mol. The molecule has 0 spiro atoms. The molecule has 1 rings (SSSR count). The highest BCUT2D eigenvalue weighted by atomic mass is 35.5. The predicted octanol–water partition coefficient (Wildman–Crippen LogP) is 3.71. The largest absolute Gasteiger partial charge is 0.399 e. The fourth-order valence-electron chi connectivity index (χ4n) is 1.59. The van der Waals surface area contributed by atoms with Crippen LogP contribution < -0.4 is 11.1 Å². The van der Waals surface area contributed by atoms with Crippen molar-refractivity contribution in [2.75, 3.05) is 12.3 Å². The summed E-state index contributed by atoms with van der Waals surface area (Å²) in [5, 5.41) is 3.37. The van der Waals surface area contributed by atoms with Crippen LogP contribution in [-0.4, -0.2) is 17.7 Å². The Morgan fingerprint density at radius 3 is 2.84 bits per heavy atom. The second-order valence-corrected chi connectivity index (χ2v) is 6.24. The first-order chi connectivity index (χ1) is 9.04. The van der Waals surface area contributed by atoms with E-state index in [-0.39, 0.29) is 11.2 Å². The Hall–Kier alpha value is -0.870. The van der Waals surface area contributed by atoms with Crippen LogP contribution in [0.25, 0.3) is 0 Å². The standard InChI is InChI=1S/C14H21ClN2OS/c1-3-4-5-8-17-14(18)10(2)19-13-7-6-11(16)9-12(13)15/h6-7,9-10H,3-5,8,16H2,1-2H3,(H,17,18). The third-order valence-corrected chi connectivity index (χ3v) is 4.31. The van der Waals surface area contributed by atoms with Gasteiger partial charge in [0.1, 0.15) is 0 Å². The van der Waals surface area contributed by atoms with E-state index in [0.29, 0.717) is 10.7 Å². The zero-order valence-corrected chi connectivity index (χ0v) is 13.0. The number of unbranched alkanes of at least 4 members (excludes halogenated alkanes) is 2. The van der Waals surface area contributed by atoms with Gasteiger partial charge in [-0.25, -0.2) is 0 Å². The van der Waals surface area contributed by atoms with Crippen LogP contribution in [0.5, 0.6) is 0 Å². The molecule has 0 saturated carbocycles. The number of nitrogen functional groups attached to an aromatic ring is 1. The molecule has 1 amide bonds. The van der Waals surface area contributed by atoms with Crippen molar-refractivity contribution in [1.29, 1.82) is 0 Å². The minimum atomic E-state index is -0.164. The molecule has 0 heterocycles. The lowest BCUT2D eigenvalue weighted by atomic mass is 10.2. The third kappa shape index (κ3) is 5.74. The Kier molecular flexibility index (Phi) is 7.10. The summed E-state index contributed by atoms with van der Waals surface area (Å²) in [5.41, 5.74) is 6.27. The van der Waals surface area contributed by atoms with Crippen molar-refractivity contribution < 1.29 is 4.79 Å². The summed E-state index contributed by atoms with van der Waals surface area (Å²) in [5.74, 6) is 0.0500. The first kappa shape index (κ1) is 16.2. The summed E-state index contributed by atoms with van der Waals surface area (Å²) in [4.78, 5) is 12.8. The molecule has 0 saturated heterocycles. The van der Waals surface area contributed by atoms with Gasteiger partial charge in [0.05, 0.1) is 10.3 Å². The Morgan fingerprint density at radius 1 is 1.47 bits per heavy atom. The summed E-state index contributed by atoms with van der Waals surface area (Å²) >= 11 is 7.54. The molecule has 1 aromatic rings. The highest BCUT2D eigenvalue weighted by Crippen LogP contribution is 2.31. The number of nitrogens with two attached hydrogens (primary N) is 1. The van der Waals surface area contributed by atoms with Crippen LogP contribution in [0, 0.1) is 0 Å². The Bertz CT molecular complexity index is 426. The molecule has 0 radical (unpaired) electrons. The van der Waals surface area contributed by atoms with E-state index in [1.807, 2.05) is 13.0 Å². The van der Waals surface area contributed by atoms with Gasteiger partial charge in [-0.2, -0.15) is 0 Å². The van der Waals surface area contributed by atoms with Crippen molar-refractivity contribution in [3.05, 3.63) is 23.2 Å². The van der Waals surface area contributed by atoms with Gasteiger partial charge in [-0.1, -0.05) is 31.4 Å². The number of halogens is 1. The quantitative estimate of drug-likeness (QED) is 0.458. The number of benzene rings is 1. The van der Waals surface area contributed by atoms with Crippen LogP contribution >= 0.6 is 23.4 Å². The molecular weight excluding hydrogens is 280 g/mol. The minimum Gasteiger partial charge on any atom is -0.399 e. The van der Waals surface area contributed by atoms with Gasteiger partial charge in [-0.15, -0.1) is 11.8 Å². The zero-order chi connectivity index (χ0) is 14.3. The molecule has 106 valence electrons. The fourth-order valence-corrected chi connectivity index (χ4v) is 2.80. The molecular formula is C14H21ClN2OS. The third-order valence-electron chi connectivity index (χ3n) is 2.71. The average Bonchev–Trinajstić information content (AvgIpc) is 2.37. The molecule has 5 heteroatoms. The van der Waals surface area contributed by atoms with Crippen LogP contribution in [0.3, 0.4) is 0 Å². The summed E-state index contributed by atoms with van der Waals surface area (Å²) < 4.78 is 0. The first-order valence-corrected chi connectivity index (χ1v) is 7.79. The number of carbonyl (C=O) groups is 1. The summed E-state index contributed by atoms with van der Waals surface area (Å²) in [6.45, 7) is 4.77. The van der Waals surface area contributed by atoms with Crippen molar-refractivity contribution in [3.63, 3.8) is 0 Å². The van der Waals surface area contributed by atoms with E-state index < -0.39 is 0 Å². The van der Waals surface area contributed by atoms with E-state index in [4.69, 9.17) is 17.3 Å².